The molecule has 1 fully saturated rings. The molecule has 0 radical (unpaired) electrons. The van der Waals surface area contributed by atoms with E-state index in [-0.39, 0.29) is 6.10 Å². The monoisotopic (exact) mass is 410 g/mol. The molecule has 1 aromatic heterocycles. The van der Waals surface area contributed by atoms with Gasteiger partial charge in [0.05, 0.1) is 21.3 Å². The molecule has 2 aliphatic rings. The van der Waals surface area contributed by atoms with Crippen LogP contribution in [-0.2, 0) is 12.8 Å². The van der Waals surface area contributed by atoms with Crippen LogP contribution in [0.4, 0.5) is 4.39 Å². The van der Waals surface area contributed by atoms with Gasteiger partial charge in [-0.2, -0.15) is 5.10 Å². The van der Waals surface area contributed by atoms with Crippen LogP contribution in [0, 0.1) is 5.82 Å². The number of aromatic nitrogens is 2. The van der Waals surface area contributed by atoms with E-state index in [2.05, 4.69) is 26.1 Å². The lowest BCUT2D eigenvalue weighted by molar-refractivity contribution is 0.210. The molecule has 1 heterocycles. The average Bonchev–Trinajstić information content (AvgIpc) is 3.22. The third-order valence-electron chi connectivity index (χ3n) is 4.80. The summed E-state index contributed by atoms with van der Waals surface area (Å²) in [6.45, 7) is 0. The Morgan fingerprint density at radius 1 is 1.12 bits per heavy atom. The summed E-state index contributed by atoms with van der Waals surface area (Å²) >= 11 is 9.78. The van der Waals surface area contributed by atoms with Gasteiger partial charge in [0.2, 0.25) is 0 Å². The third kappa shape index (κ3) is 2.93. The topological polar surface area (TPSA) is 35.0 Å². The number of ether oxygens (including phenoxy) is 1. The highest BCUT2D eigenvalue weighted by Crippen LogP contribution is 2.39. The predicted molar refractivity (Wildman–Crippen MR) is 95.0 cm³/mol. The maximum Gasteiger partial charge on any atom is 0.139 e. The second-order valence-corrected chi connectivity index (χ2v) is 7.63. The first-order chi connectivity index (χ1) is 11.6. The number of halogens is 3. The van der Waals surface area contributed by atoms with Crippen molar-refractivity contribution in [1.29, 1.82) is 0 Å². The van der Waals surface area contributed by atoms with E-state index >= 15 is 0 Å². The van der Waals surface area contributed by atoms with Crippen molar-refractivity contribution in [3.05, 3.63) is 38.7 Å². The highest BCUT2D eigenvalue weighted by Gasteiger charge is 2.24. The van der Waals surface area contributed by atoms with Crippen LogP contribution >= 0.6 is 27.5 Å². The van der Waals surface area contributed by atoms with Crippen LogP contribution in [0.15, 0.2) is 16.6 Å². The van der Waals surface area contributed by atoms with Gasteiger partial charge in [-0.25, -0.2) is 4.39 Å². The van der Waals surface area contributed by atoms with E-state index in [1.54, 1.807) is 6.07 Å². The number of hydrogen-bond donors (Lipinski definition) is 0. The minimum absolute atomic E-state index is 0.162. The Balaban J connectivity index is 1.75. The number of hydrogen-bond acceptors (Lipinski definition) is 3. The minimum atomic E-state index is -0.410. The van der Waals surface area contributed by atoms with Crippen LogP contribution in [-0.4, -0.2) is 16.3 Å². The maximum absolute atomic E-state index is 14.5. The number of nitrogens with zero attached hydrogens (tertiary/aromatic N) is 2. The summed E-state index contributed by atoms with van der Waals surface area (Å²) in [6.07, 6.45) is 7.47. The zero-order valence-corrected chi connectivity index (χ0v) is 15.5. The Hall–Kier alpha value is -1.20. The highest BCUT2D eigenvalue weighted by molar-refractivity contribution is 9.10. The molecule has 0 amide bonds. The van der Waals surface area contributed by atoms with Crippen LogP contribution in [0.3, 0.4) is 0 Å². The summed E-state index contributed by atoms with van der Waals surface area (Å²) in [7, 11) is 0. The fourth-order valence-electron chi connectivity index (χ4n) is 3.53. The molecule has 4 rings (SSSR count). The van der Waals surface area contributed by atoms with Gasteiger partial charge in [0.15, 0.2) is 0 Å². The lowest BCUT2D eigenvalue weighted by Crippen LogP contribution is -2.11. The maximum atomic E-state index is 14.5. The minimum Gasteiger partial charge on any atom is -0.489 e. The predicted octanol–water partition coefficient (Wildman–Crippen LogP) is 5.51. The Morgan fingerprint density at radius 2 is 1.92 bits per heavy atom. The Labute approximate surface area is 153 Å². The number of fused-ring (bicyclic) bond motifs is 1. The molecule has 0 bridgehead atoms. The third-order valence-corrected chi connectivity index (χ3v) is 5.95. The number of aryl methyl sites for hydroxylation is 1. The van der Waals surface area contributed by atoms with Gasteiger partial charge in [-0.05, 0) is 78.6 Å². The second-order valence-electron chi connectivity index (χ2n) is 6.43. The van der Waals surface area contributed by atoms with E-state index in [0.29, 0.717) is 22.0 Å². The molecular weight excluding hydrogens is 395 g/mol. The van der Waals surface area contributed by atoms with Gasteiger partial charge < -0.3 is 4.74 Å². The van der Waals surface area contributed by atoms with Gasteiger partial charge >= 0.3 is 0 Å². The first kappa shape index (κ1) is 16.3. The first-order valence-electron chi connectivity index (χ1n) is 8.33. The summed E-state index contributed by atoms with van der Waals surface area (Å²) in [5.74, 6) is 0.112. The van der Waals surface area contributed by atoms with Gasteiger partial charge in [0.25, 0.3) is 0 Å². The highest BCUT2D eigenvalue weighted by atomic mass is 79.9. The van der Waals surface area contributed by atoms with E-state index in [9.17, 15) is 4.39 Å². The molecular formula is C18H17BrClFN2O. The molecule has 0 saturated heterocycles. The smallest absolute Gasteiger partial charge is 0.139 e. The fraction of sp³-hybridized carbons (Fsp3) is 0.444. The van der Waals surface area contributed by atoms with Crippen molar-refractivity contribution in [3.63, 3.8) is 0 Å². The lowest BCUT2D eigenvalue weighted by atomic mass is 10.1. The second kappa shape index (κ2) is 6.60. The summed E-state index contributed by atoms with van der Waals surface area (Å²) in [5, 5.41) is 8.82. The number of benzene rings is 1. The van der Waals surface area contributed by atoms with E-state index in [1.807, 2.05) is 0 Å². The molecule has 3 nitrogen and oxygen atoms in total. The first-order valence-corrected chi connectivity index (χ1v) is 9.50. The van der Waals surface area contributed by atoms with Crippen molar-refractivity contribution >= 4 is 27.5 Å². The molecule has 2 aromatic rings. The van der Waals surface area contributed by atoms with Crippen molar-refractivity contribution in [3.8, 4) is 17.0 Å². The number of rotatable bonds is 3. The van der Waals surface area contributed by atoms with Crippen LogP contribution in [0.25, 0.3) is 11.3 Å². The van der Waals surface area contributed by atoms with Crippen LogP contribution in [0.1, 0.15) is 43.4 Å². The molecule has 0 spiro atoms. The van der Waals surface area contributed by atoms with Crippen molar-refractivity contribution < 1.29 is 9.13 Å². The van der Waals surface area contributed by atoms with Gasteiger partial charge in [0, 0.05) is 5.56 Å². The summed E-state index contributed by atoms with van der Waals surface area (Å²) in [5.41, 5.74) is 3.03. The zero-order chi connectivity index (χ0) is 16.7. The quantitative estimate of drug-likeness (QED) is 0.668. The molecule has 1 aromatic carbocycles. The molecule has 0 unspecified atom stereocenters. The van der Waals surface area contributed by atoms with Crippen LogP contribution in [0.5, 0.6) is 5.75 Å². The van der Waals surface area contributed by atoms with Crippen molar-refractivity contribution in [1.82, 2.24) is 10.2 Å². The van der Waals surface area contributed by atoms with E-state index in [1.165, 1.54) is 6.07 Å². The Kier molecular flexibility index (Phi) is 4.48. The molecule has 2 aliphatic carbocycles. The largest absolute Gasteiger partial charge is 0.489 e. The molecule has 0 N–H and O–H groups in total. The van der Waals surface area contributed by atoms with Crippen molar-refractivity contribution in [2.75, 3.05) is 0 Å². The van der Waals surface area contributed by atoms with Crippen molar-refractivity contribution in [2.45, 2.75) is 51.0 Å². The summed E-state index contributed by atoms with van der Waals surface area (Å²) in [4.78, 5) is 0. The normalized spacial score (nSPS) is 17.3. The molecule has 24 heavy (non-hydrogen) atoms. The van der Waals surface area contributed by atoms with E-state index in [4.69, 9.17) is 16.3 Å². The lowest BCUT2D eigenvalue weighted by Gasteiger charge is -2.16. The van der Waals surface area contributed by atoms with Crippen LogP contribution < -0.4 is 4.74 Å². The molecule has 0 atom stereocenters. The Bertz CT molecular complexity index is 793. The molecule has 1 saturated carbocycles. The van der Waals surface area contributed by atoms with Crippen molar-refractivity contribution in [2.24, 2.45) is 0 Å². The standard InChI is InChI=1S/C18H17BrClFN2O/c19-17-11-6-3-7-15(11)22-23-18(17)12-8-16(13(20)9-14(12)21)24-10-4-1-2-5-10/h8-10H,1-7H2. The SMILES string of the molecule is Fc1cc(Cl)c(OC2CCCC2)cc1-c1nnc2c(c1Br)CCC2. The van der Waals surface area contributed by atoms with Gasteiger partial charge in [-0.15, -0.1) is 5.10 Å². The average molecular weight is 412 g/mol. The van der Waals surface area contributed by atoms with E-state index in [0.717, 1.165) is 60.7 Å². The van der Waals surface area contributed by atoms with Crippen LogP contribution in [0.2, 0.25) is 5.02 Å². The van der Waals surface area contributed by atoms with E-state index < -0.39 is 5.82 Å². The van der Waals surface area contributed by atoms with Gasteiger partial charge in [-0.1, -0.05) is 11.6 Å². The molecule has 6 heteroatoms. The Morgan fingerprint density at radius 3 is 2.71 bits per heavy atom. The fourth-order valence-corrected chi connectivity index (χ4v) is 4.45. The summed E-state index contributed by atoms with van der Waals surface area (Å²) < 4.78 is 21.4. The van der Waals surface area contributed by atoms with Gasteiger partial charge in [-0.3, -0.25) is 0 Å². The molecule has 0 aliphatic heterocycles. The summed E-state index contributed by atoms with van der Waals surface area (Å²) in [6, 6.07) is 2.97. The molecule has 126 valence electrons. The zero-order valence-electron chi connectivity index (χ0n) is 13.1. The van der Waals surface area contributed by atoms with Gasteiger partial charge in [0.1, 0.15) is 17.3 Å².